The maximum absolute atomic E-state index is 12.1. The third-order valence-corrected chi connectivity index (χ3v) is 3.64. The van der Waals surface area contributed by atoms with Gasteiger partial charge in [-0.15, -0.1) is 0 Å². The smallest absolute Gasteiger partial charge is 0.339 e. The van der Waals surface area contributed by atoms with Crippen molar-refractivity contribution in [2.45, 2.75) is 45.0 Å². The maximum Gasteiger partial charge on any atom is 0.339 e. The molecule has 4 nitrogen and oxygen atoms in total. The largest absolute Gasteiger partial charge is 0.458 e. The molecule has 0 saturated carbocycles. The molecule has 1 aliphatic rings. The van der Waals surface area contributed by atoms with E-state index >= 15 is 0 Å². The summed E-state index contributed by atoms with van der Waals surface area (Å²) in [7, 11) is 0. The van der Waals surface area contributed by atoms with Crippen LogP contribution in [0.15, 0.2) is 36.7 Å². The molecule has 1 fully saturated rings. The summed E-state index contributed by atoms with van der Waals surface area (Å²) in [5.41, 5.74) is -0.136. The molecule has 0 amide bonds. The van der Waals surface area contributed by atoms with Gasteiger partial charge in [-0.1, -0.05) is 12.1 Å². The second kappa shape index (κ2) is 4.53. The highest BCUT2D eigenvalue weighted by atomic mass is 16.7. The lowest BCUT2D eigenvalue weighted by Crippen LogP contribution is -2.28. The van der Waals surface area contributed by atoms with Crippen molar-refractivity contribution in [2.75, 3.05) is 0 Å². The van der Waals surface area contributed by atoms with Gasteiger partial charge in [0.25, 0.3) is 0 Å². The van der Waals surface area contributed by atoms with Gasteiger partial charge in [-0.05, 0) is 50.8 Å². The Morgan fingerprint density at radius 3 is 2.76 bits per heavy atom. The van der Waals surface area contributed by atoms with E-state index in [1.165, 1.54) is 0 Å². The molecule has 0 aliphatic carbocycles. The summed E-state index contributed by atoms with van der Waals surface area (Å²) >= 11 is 0. The van der Waals surface area contributed by atoms with Crippen molar-refractivity contribution in [3.8, 4) is 0 Å². The van der Waals surface area contributed by atoms with E-state index in [0.717, 1.165) is 16.3 Å². The van der Waals surface area contributed by atoms with Crippen LogP contribution >= 0.6 is 0 Å². The van der Waals surface area contributed by atoms with Gasteiger partial charge in [-0.2, -0.15) is 0 Å². The number of benzene rings is 1. The molecule has 2 atom stereocenters. The average molecular weight is 285 g/mol. The van der Waals surface area contributed by atoms with Crippen LogP contribution in [0.4, 0.5) is 0 Å². The predicted molar refractivity (Wildman–Crippen MR) is 79.8 cm³/mol. The number of esters is 1. The summed E-state index contributed by atoms with van der Waals surface area (Å²) in [5.74, 6) is -0.309. The summed E-state index contributed by atoms with van der Waals surface area (Å²) in [5, 5.41) is 2.15. The molecule has 1 aromatic heterocycles. The molecule has 0 N–H and O–H groups in total. The molecule has 0 radical (unpaired) electrons. The van der Waals surface area contributed by atoms with Gasteiger partial charge >= 0.3 is 5.97 Å². The Balaban J connectivity index is 1.85. The summed E-state index contributed by atoms with van der Waals surface area (Å²) < 4.78 is 11.0. The van der Waals surface area contributed by atoms with E-state index in [9.17, 15) is 4.79 Å². The Morgan fingerprint density at radius 2 is 2.05 bits per heavy atom. The number of pyridine rings is 1. The van der Waals surface area contributed by atoms with Crippen molar-refractivity contribution >= 4 is 16.7 Å². The summed E-state index contributed by atoms with van der Waals surface area (Å²) in [6.07, 6.45) is 3.04. The average Bonchev–Trinajstić information content (AvgIpc) is 3.10. The van der Waals surface area contributed by atoms with Gasteiger partial charge < -0.3 is 9.47 Å². The van der Waals surface area contributed by atoms with Crippen LogP contribution in [0, 0.1) is 0 Å². The quantitative estimate of drug-likeness (QED) is 0.628. The molecule has 4 heteroatoms. The van der Waals surface area contributed by atoms with Gasteiger partial charge in [-0.25, -0.2) is 4.79 Å². The molecular formula is C17H19NO3. The van der Waals surface area contributed by atoms with Crippen LogP contribution in [-0.2, 0) is 19.9 Å². The highest BCUT2D eigenvalue weighted by molar-refractivity contribution is 5.84. The highest BCUT2D eigenvalue weighted by Crippen LogP contribution is 2.47. The van der Waals surface area contributed by atoms with Crippen molar-refractivity contribution in [3.63, 3.8) is 0 Å². The third-order valence-electron chi connectivity index (χ3n) is 3.64. The Kier molecular flexibility index (Phi) is 3.02. The van der Waals surface area contributed by atoms with Gasteiger partial charge in [0.2, 0.25) is 0 Å². The zero-order valence-corrected chi connectivity index (χ0v) is 12.7. The maximum atomic E-state index is 12.1. The molecule has 21 heavy (non-hydrogen) atoms. The van der Waals surface area contributed by atoms with E-state index in [0.29, 0.717) is 0 Å². The molecule has 3 rings (SSSR count). The minimum Gasteiger partial charge on any atom is -0.458 e. The SMILES string of the molecule is CC(C)(C)OC(=O)C1OC1(C)c1ccc2ccncc2c1. The number of hydrogen-bond acceptors (Lipinski definition) is 4. The normalized spacial score (nSPS) is 24.9. The Morgan fingerprint density at radius 1 is 1.29 bits per heavy atom. The zero-order chi connectivity index (χ0) is 15.3. The second-order valence-corrected chi connectivity index (χ2v) is 6.58. The van der Waals surface area contributed by atoms with Crippen LogP contribution in [0.1, 0.15) is 33.3 Å². The van der Waals surface area contributed by atoms with Crippen LogP contribution in [0.2, 0.25) is 0 Å². The van der Waals surface area contributed by atoms with Gasteiger partial charge in [-0.3, -0.25) is 4.98 Å². The van der Waals surface area contributed by atoms with E-state index in [2.05, 4.69) is 4.98 Å². The molecule has 2 aromatic rings. The van der Waals surface area contributed by atoms with Crippen LogP contribution in [0.25, 0.3) is 10.8 Å². The second-order valence-electron chi connectivity index (χ2n) is 6.58. The molecule has 0 bridgehead atoms. The van der Waals surface area contributed by atoms with Crippen molar-refractivity contribution in [1.82, 2.24) is 4.98 Å². The van der Waals surface area contributed by atoms with E-state index in [-0.39, 0.29) is 5.97 Å². The van der Waals surface area contributed by atoms with Gasteiger partial charge in [0, 0.05) is 17.8 Å². The topological polar surface area (TPSA) is 51.7 Å². The number of hydrogen-bond donors (Lipinski definition) is 0. The third kappa shape index (κ3) is 2.63. The molecule has 1 aliphatic heterocycles. The number of ether oxygens (including phenoxy) is 2. The Hall–Kier alpha value is -1.94. The summed E-state index contributed by atoms with van der Waals surface area (Å²) in [4.78, 5) is 16.2. The molecule has 1 saturated heterocycles. The van der Waals surface area contributed by atoms with Crippen molar-refractivity contribution in [2.24, 2.45) is 0 Å². The number of fused-ring (bicyclic) bond motifs is 1. The first-order valence-electron chi connectivity index (χ1n) is 7.04. The van der Waals surface area contributed by atoms with Crippen molar-refractivity contribution < 1.29 is 14.3 Å². The molecule has 2 unspecified atom stereocenters. The number of carbonyl (C=O) groups excluding carboxylic acids is 1. The number of carbonyl (C=O) groups is 1. The molecule has 2 heterocycles. The van der Waals surface area contributed by atoms with Crippen LogP contribution in [0.3, 0.4) is 0 Å². The summed E-state index contributed by atoms with van der Waals surface area (Å²) in [6.45, 7) is 7.48. The number of epoxide rings is 1. The fourth-order valence-electron chi connectivity index (χ4n) is 2.45. The van der Waals surface area contributed by atoms with Crippen molar-refractivity contribution in [3.05, 3.63) is 42.2 Å². The van der Waals surface area contributed by atoms with E-state index in [1.54, 1.807) is 6.20 Å². The minimum atomic E-state index is -0.605. The monoisotopic (exact) mass is 285 g/mol. The lowest BCUT2D eigenvalue weighted by atomic mass is 9.95. The van der Waals surface area contributed by atoms with Gasteiger partial charge in [0.1, 0.15) is 11.2 Å². The number of nitrogens with zero attached hydrogens (tertiary/aromatic N) is 1. The lowest BCUT2D eigenvalue weighted by Gasteiger charge is -2.19. The van der Waals surface area contributed by atoms with E-state index < -0.39 is 17.3 Å². The Labute approximate surface area is 124 Å². The van der Waals surface area contributed by atoms with Crippen LogP contribution in [0.5, 0.6) is 0 Å². The first-order chi connectivity index (χ1) is 9.79. The van der Waals surface area contributed by atoms with E-state index in [1.807, 2.05) is 58.2 Å². The first-order valence-corrected chi connectivity index (χ1v) is 7.04. The zero-order valence-electron chi connectivity index (χ0n) is 12.7. The summed E-state index contributed by atoms with van der Waals surface area (Å²) in [6, 6.07) is 7.99. The first kappa shape index (κ1) is 14.0. The van der Waals surface area contributed by atoms with Crippen LogP contribution in [-0.4, -0.2) is 22.7 Å². The highest BCUT2D eigenvalue weighted by Gasteiger charge is 2.59. The van der Waals surface area contributed by atoms with Gasteiger partial charge in [0.15, 0.2) is 6.10 Å². The van der Waals surface area contributed by atoms with Crippen LogP contribution < -0.4 is 0 Å². The van der Waals surface area contributed by atoms with Gasteiger partial charge in [0.05, 0.1) is 0 Å². The predicted octanol–water partition coefficient (Wildman–Crippen LogP) is 3.19. The molecular weight excluding hydrogens is 266 g/mol. The van der Waals surface area contributed by atoms with E-state index in [4.69, 9.17) is 9.47 Å². The molecule has 0 spiro atoms. The number of rotatable bonds is 2. The standard InChI is InChI=1S/C17H19NO3/c1-16(2,3)21-15(19)14-17(4,20-14)13-6-5-11-7-8-18-10-12(11)9-13/h5-10,14H,1-4H3. The number of aromatic nitrogens is 1. The molecule has 110 valence electrons. The van der Waals surface area contributed by atoms with Crippen molar-refractivity contribution in [1.29, 1.82) is 0 Å². The lowest BCUT2D eigenvalue weighted by molar-refractivity contribution is -0.156. The minimum absolute atomic E-state index is 0.309. The fraction of sp³-hybridized carbons (Fsp3) is 0.412. The Bertz CT molecular complexity index is 704. The molecule has 1 aromatic carbocycles. The fourth-order valence-corrected chi connectivity index (χ4v) is 2.45.